The van der Waals surface area contributed by atoms with E-state index in [1.54, 1.807) is 6.20 Å². The zero-order valence-corrected chi connectivity index (χ0v) is 12.0. The average molecular weight is 272 g/mol. The maximum absolute atomic E-state index is 4.53. The first-order valence-electron chi connectivity index (χ1n) is 7.18. The molecule has 0 bridgehead atoms. The molecule has 1 aliphatic heterocycles. The van der Waals surface area contributed by atoms with E-state index in [1.807, 2.05) is 17.8 Å². The smallest absolute Gasteiger partial charge is 0.150 e. The van der Waals surface area contributed by atoms with Crippen LogP contribution in [0.4, 0.5) is 0 Å². The number of rotatable bonds is 4. The van der Waals surface area contributed by atoms with Crippen molar-refractivity contribution in [1.82, 2.24) is 30.0 Å². The second-order valence-corrected chi connectivity index (χ2v) is 5.25. The highest BCUT2D eigenvalue weighted by atomic mass is 15.4. The zero-order valence-electron chi connectivity index (χ0n) is 12.0. The molecule has 2 aromatic rings. The van der Waals surface area contributed by atoms with Crippen molar-refractivity contribution in [3.8, 4) is 0 Å². The molecular formula is C14H20N6. The minimum atomic E-state index is 0.428. The molecule has 0 saturated carbocycles. The summed E-state index contributed by atoms with van der Waals surface area (Å²) in [5.41, 5.74) is 1.93. The normalized spacial score (nSPS) is 18.0. The van der Waals surface area contributed by atoms with Gasteiger partial charge in [-0.3, -0.25) is 9.97 Å². The van der Waals surface area contributed by atoms with Crippen LogP contribution in [0.3, 0.4) is 0 Å². The van der Waals surface area contributed by atoms with Crippen LogP contribution < -0.4 is 5.32 Å². The summed E-state index contributed by atoms with van der Waals surface area (Å²) in [5.74, 6) is 2.07. The molecule has 0 radical (unpaired) electrons. The lowest BCUT2D eigenvalue weighted by Gasteiger charge is -2.23. The van der Waals surface area contributed by atoms with Crippen molar-refractivity contribution in [3.63, 3.8) is 0 Å². The molecule has 106 valence electrons. The third-order valence-corrected chi connectivity index (χ3v) is 3.62. The Morgan fingerprint density at radius 3 is 3.00 bits per heavy atom. The number of aryl methyl sites for hydroxylation is 3. The highest BCUT2D eigenvalue weighted by molar-refractivity contribution is 5.02. The minimum absolute atomic E-state index is 0.428. The fraction of sp³-hybridized carbons (Fsp3) is 0.571. The number of hydrogen-bond donors (Lipinski definition) is 1. The summed E-state index contributed by atoms with van der Waals surface area (Å²) >= 11 is 0. The van der Waals surface area contributed by atoms with Crippen molar-refractivity contribution >= 4 is 0 Å². The van der Waals surface area contributed by atoms with Crippen molar-refractivity contribution in [3.05, 3.63) is 35.4 Å². The predicted octanol–water partition coefficient (Wildman–Crippen LogP) is 1.04. The summed E-state index contributed by atoms with van der Waals surface area (Å²) in [6.07, 6.45) is 6.63. The van der Waals surface area contributed by atoms with Crippen LogP contribution in [0.2, 0.25) is 0 Å². The van der Waals surface area contributed by atoms with Gasteiger partial charge in [-0.25, -0.2) is 9.67 Å². The van der Waals surface area contributed by atoms with Crippen LogP contribution in [0, 0.1) is 6.92 Å². The Morgan fingerprint density at radius 1 is 1.35 bits per heavy atom. The molecule has 6 nitrogen and oxygen atoms in total. The van der Waals surface area contributed by atoms with E-state index in [4.69, 9.17) is 0 Å². The SMILES string of the molecule is CCc1nc2n(n1)C[C@@H](NCc1cnc(C)cn1)CC2. The van der Waals surface area contributed by atoms with E-state index in [9.17, 15) is 0 Å². The lowest BCUT2D eigenvalue weighted by atomic mass is 10.1. The maximum Gasteiger partial charge on any atom is 0.150 e. The van der Waals surface area contributed by atoms with Gasteiger partial charge in [0.1, 0.15) is 5.82 Å². The second-order valence-electron chi connectivity index (χ2n) is 5.25. The van der Waals surface area contributed by atoms with Crippen LogP contribution in [0.5, 0.6) is 0 Å². The van der Waals surface area contributed by atoms with Gasteiger partial charge in [0.25, 0.3) is 0 Å². The number of hydrogen-bond acceptors (Lipinski definition) is 5. The van der Waals surface area contributed by atoms with E-state index in [0.29, 0.717) is 6.04 Å². The molecule has 0 aromatic carbocycles. The molecule has 1 N–H and O–H groups in total. The number of nitrogens with zero attached hydrogens (tertiary/aromatic N) is 5. The van der Waals surface area contributed by atoms with Crippen LogP contribution in [-0.2, 0) is 25.9 Å². The third-order valence-electron chi connectivity index (χ3n) is 3.62. The van der Waals surface area contributed by atoms with Crippen molar-refractivity contribution in [1.29, 1.82) is 0 Å². The fourth-order valence-electron chi connectivity index (χ4n) is 2.44. The lowest BCUT2D eigenvalue weighted by molar-refractivity contribution is 0.356. The van der Waals surface area contributed by atoms with Crippen LogP contribution >= 0.6 is 0 Å². The van der Waals surface area contributed by atoms with Gasteiger partial charge in [-0.2, -0.15) is 5.10 Å². The highest BCUT2D eigenvalue weighted by Crippen LogP contribution is 2.13. The Bertz CT molecular complexity index is 574. The van der Waals surface area contributed by atoms with Gasteiger partial charge in [-0.1, -0.05) is 6.92 Å². The Labute approximate surface area is 118 Å². The number of fused-ring (bicyclic) bond motifs is 1. The first kappa shape index (κ1) is 13.2. The second kappa shape index (κ2) is 5.66. The Kier molecular flexibility index (Phi) is 3.73. The van der Waals surface area contributed by atoms with Gasteiger partial charge in [-0.05, 0) is 13.3 Å². The molecule has 6 heteroatoms. The summed E-state index contributed by atoms with van der Waals surface area (Å²) in [6, 6.07) is 0.428. The van der Waals surface area contributed by atoms with Gasteiger partial charge in [0.2, 0.25) is 0 Å². The molecule has 0 spiro atoms. The Balaban J connectivity index is 1.58. The quantitative estimate of drug-likeness (QED) is 0.900. The van der Waals surface area contributed by atoms with E-state index in [1.165, 1.54) is 0 Å². The van der Waals surface area contributed by atoms with E-state index < -0.39 is 0 Å². The molecule has 1 atom stereocenters. The zero-order chi connectivity index (χ0) is 13.9. The molecule has 0 aliphatic carbocycles. The molecule has 0 unspecified atom stereocenters. The topological polar surface area (TPSA) is 68.5 Å². The molecule has 3 rings (SSSR count). The summed E-state index contributed by atoms with van der Waals surface area (Å²) in [5, 5.41) is 8.06. The van der Waals surface area contributed by atoms with Crippen LogP contribution in [0.1, 0.15) is 36.4 Å². The standard InChI is InChI=1S/C14H20N6/c1-3-13-18-14-5-4-11(9-20(14)19-13)17-8-12-7-15-10(2)6-16-12/h6-7,11,17H,3-5,8-9H2,1-2H3/t11-/m0/s1. The van der Waals surface area contributed by atoms with E-state index in [-0.39, 0.29) is 0 Å². The minimum Gasteiger partial charge on any atom is -0.306 e. The largest absolute Gasteiger partial charge is 0.306 e. The molecular weight excluding hydrogens is 252 g/mol. The monoisotopic (exact) mass is 272 g/mol. The molecule has 0 saturated heterocycles. The maximum atomic E-state index is 4.53. The van der Waals surface area contributed by atoms with Crippen molar-refractivity contribution in [2.75, 3.05) is 0 Å². The van der Waals surface area contributed by atoms with Crippen LogP contribution in [-0.4, -0.2) is 30.8 Å². The van der Waals surface area contributed by atoms with Gasteiger partial charge in [0.15, 0.2) is 5.82 Å². The molecule has 0 amide bonds. The van der Waals surface area contributed by atoms with Crippen molar-refractivity contribution < 1.29 is 0 Å². The van der Waals surface area contributed by atoms with E-state index >= 15 is 0 Å². The average Bonchev–Trinajstić information content (AvgIpc) is 2.89. The highest BCUT2D eigenvalue weighted by Gasteiger charge is 2.20. The first-order valence-corrected chi connectivity index (χ1v) is 7.18. The van der Waals surface area contributed by atoms with Crippen molar-refractivity contribution in [2.45, 2.75) is 52.2 Å². The number of aromatic nitrogens is 5. The molecule has 1 aliphatic rings. The summed E-state index contributed by atoms with van der Waals surface area (Å²) < 4.78 is 2.04. The lowest BCUT2D eigenvalue weighted by Crippen LogP contribution is -2.37. The predicted molar refractivity (Wildman–Crippen MR) is 75.1 cm³/mol. The van der Waals surface area contributed by atoms with Gasteiger partial charge >= 0.3 is 0 Å². The fourth-order valence-corrected chi connectivity index (χ4v) is 2.44. The van der Waals surface area contributed by atoms with Gasteiger partial charge in [-0.15, -0.1) is 0 Å². The van der Waals surface area contributed by atoms with Gasteiger partial charge in [0, 0.05) is 37.8 Å². The summed E-state index contributed by atoms with van der Waals surface area (Å²) in [4.78, 5) is 13.2. The summed E-state index contributed by atoms with van der Waals surface area (Å²) in [6.45, 7) is 5.68. The number of nitrogens with one attached hydrogen (secondary N) is 1. The van der Waals surface area contributed by atoms with E-state index in [2.05, 4.69) is 32.3 Å². The Hall–Kier alpha value is -1.82. The first-order chi connectivity index (χ1) is 9.74. The Morgan fingerprint density at radius 2 is 2.25 bits per heavy atom. The third kappa shape index (κ3) is 2.85. The van der Waals surface area contributed by atoms with Crippen LogP contribution in [0.25, 0.3) is 0 Å². The van der Waals surface area contributed by atoms with E-state index in [0.717, 1.165) is 55.4 Å². The molecule has 20 heavy (non-hydrogen) atoms. The van der Waals surface area contributed by atoms with Gasteiger partial charge < -0.3 is 5.32 Å². The summed E-state index contributed by atoms with van der Waals surface area (Å²) in [7, 11) is 0. The van der Waals surface area contributed by atoms with Crippen molar-refractivity contribution in [2.24, 2.45) is 0 Å². The van der Waals surface area contributed by atoms with Gasteiger partial charge in [0.05, 0.1) is 17.9 Å². The molecule has 3 heterocycles. The molecule has 0 fully saturated rings. The van der Waals surface area contributed by atoms with Crippen LogP contribution in [0.15, 0.2) is 12.4 Å². The molecule has 2 aromatic heterocycles.